The maximum Gasteiger partial charge on any atom is 0.183 e. The van der Waals surface area contributed by atoms with Gasteiger partial charge in [-0.1, -0.05) is 29.8 Å². The molecule has 2 aromatic carbocycles. The van der Waals surface area contributed by atoms with E-state index in [-0.39, 0.29) is 16.4 Å². The zero-order chi connectivity index (χ0) is 19.7. The molecule has 3 rings (SSSR count). The van der Waals surface area contributed by atoms with Crippen molar-refractivity contribution in [3.63, 3.8) is 0 Å². The highest BCUT2D eigenvalue weighted by atomic mass is 32.2. The van der Waals surface area contributed by atoms with Crippen LogP contribution in [0.1, 0.15) is 11.1 Å². The second-order valence-electron chi connectivity index (χ2n) is 6.81. The van der Waals surface area contributed by atoms with Gasteiger partial charge in [-0.3, -0.25) is 0 Å². The van der Waals surface area contributed by atoms with Gasteiger partial charge >= 0.3 is 0 Å². The van der Waals surface area contributed by atoms with Crippen LogP contribution in [0, 0.1) is 6.92 Å². The maximum atomic E-state index is 13.0. The quantitative estimate of drug-likeness (QED) is 0.782. The Morgan fingerprint density at radius 1 is 1.04 bits per heavy atom. The average Bonchev–Trinajstić information content (AvgIpc) is 2.96. The second kappa shape index (κ2) is 7.61. The molecular weight excluding hydrogens is 386 g/mol. The maximum absolute atomic E-state index is 13.0. The van der Waals surface area contributed by atoms with Crippen LogP contribution in [0.5, 0.6) is 5.75 Å². The van der Waals surface area contributed by atoms with Crippen LogP contribution >= 0.6 is 0 Å². The predicted molar refractivity (Wildman–Crippen MR) is 104 cm³/mol. The lowest BCUT2D eigenvalue weighted by Gasteiger charge is -2.20. The Morgan fingerprint density at radius 3 is 2.26 bits per heavy atom. The number of nitrogens with one attached hydrogen (secondary N) is 1. The summed E-state index contributed by atoms with van der Waals surface area (Å²) in [6.07, 6.45) is 0. The third-order valence-corrected chi connectivity index (χ3v) is 8.94. The van der Waals surface area contributed by atoms with Crippen molar-refractivity contribution < 1.29 is 21.6 Å². The highest BCUT2D eigenvalue weighted by molar-refractivity contribution is 7.96. The molecule has 1 fully saturated rings. The summed E-state index contributed by atoms with van der Waals surface area (Å²) in [5.74, 6) is 0.185. The van der Waals surface area contributed by atoms with Gasteiger partial charge in [0.25, 0.3) is 0 Å². The molecule has 1 saturated heterocycles. The van der Waals surface area contributed by atoms with Crippen molar-refractivity contribution in [2.45, 2.75) is 29.7 Å². The highest BCUT2D eigenvalue weighted by Crippen LogP contribution is 2.26. The summed E-state index contributed by atoms with van der Waals surface area (Å²) in [5, 5.41) is 2.13. The topological polar surface area (TPSA) is 89.5 Å². The molecule has 0 spiro atoms. The lowest BCUT2D eigenvalue weighted by Crippen LogP contribution is -2.43. The van der Waals surface area contributed by atoms with Gasteiger partial charge in [-0.05, 0) is 36.8 Å². The van der Waals surface area contributed by atoms with E-state index in [4.69, 9.17) is 4.74 Å². The Morgan fingerprint density at radius 2 is 1.67 bits per heavy atom. The van der Waals surface area contributed by atoms with Gasteiger partial charge < -0.3 is 10.1 Å². The molecule has 1 aliphatic rings. The average molecular weight is 410 g/mol. The number of hydrogen-bond donors (Lipinski definition) is 1. The van der Waals surface area contributed by atoms with Crippen LogP contribution in [0.25, 0.3) is 0 Å². The summed E-state index contributed by atoms with van der Waals surface area (Å²) in [5.41, 5.74) is 1.87. The molecule has 0 unspecified atom stereocenters. The first kappa shape index (κ1) is 19.9. The van der Waals surface area contributed by atoms with Gasteiger partial charge in [-0.25, -0.2) is 16.8 Å². The van der Waals surface area contributed by atoms with Crippen LogP contribution in [0.4, 0.5) is 0 Å². The Bertz CT molecular complexity index is 997. The molecule has 6 nitrogen and oxygen atoms in total. The van der Waals surface area contributed by atoms with Gasteiger partial charge in [0.1, 0.15) is 5.75 Å². The van der Waals surface area contributed by atoms with Crippen LogP contribution in [0.3, 0.4) is 0 Å². The number of methoxy groups -OCH3 is 1. The Kier molecular flexibility index (Phi) is 5.60. The van der Waals surface area contributed by atoms with Gasteiger partial charge in [0, 0.05) is 12.6 Å². The van der Waals surface area contributed by atoms with Crippen LogP contribution in [-0.2, 0) is 26.2 Å². The first-order valence-electron chi connectivity index (χ1n) is 8.58. The van der Waals surface area contributed by atoms with Crippen molar-refractivity contribution in [1.82, 2.24) is 5.32 Å². The Balaban J connectivity index is 1.81. The zero-order valence-corrected chi connectivity index (χ0v) is 16.9. The number of aryl methyl sites for hydroxylation is 1. The van der Waals surface area contributed by atoms with Crippen LogP contribution in [0.15, 0.2) is 53.4 Å². The smallest absolute Gasteiger partial charge is 0.183 e. The van der Waals surface area contributed by atoms with E-state index in [0.717, 1.165) is 16.9 Å². The highest BCUT2D eigenvalue weighted by Gasteiger charge is 2.45. The van der Waals surface area contributed by atoms with Crippen molar-refractivity contribution in [3.05, 3.63) is 59.7 Å². The number of benzene rings is 2. The van der Waals surface area contributed by atoms with Crippen LogP contribution in [-0.4, -0.2) is 46.7 Å². The lowest BCUT2D eigenvalue weighted by molar-refractivity contribution is 0.414. The van der Waals surface area contributed by atoms with Gasteiger partial charge in [0.2, 0.25) is 0 Å². The monoisotopic (exact) mass is 409 g/mol. The fourth-order valence-electron chi connectivity index (χ4n) is 3.21. The largest absolute Gasteiger partial charge is 0.497 e. The standard InChI is InChI=1S/C19H23NO5S2/c1-14-3-9-17(10-4-14)27(23,24)19-13-26(21,22)12-18(19)20-11-15-5-7-16(25-2)8-6-15/h3-10,18-20H,11-13H2,1-2H3/t18-,19-/m0/s1. The van der Waals surface area contributed by atoms with E-state index in [1.807, 2.05) is 31.2 Å². The minimum Gasteiger partial charge on any atom is -0.497 e. The van der Waals surface area contributed by atoms with Gasteiger partial charge in [-0.15, -0.1) is 0 Å². The predicted octanol–water partition coefficient (Wildman–Crippen LogP) is 1.73. The van der Waals surface area contributed by atoms with E-state index >= 15 is 0 Å². The van der Waals surface area contributed by atoms with Crippen molar-refractivity contribution in [1.29, 1.82) is 0 Å². The Hall–Kier alpha value is -1.90. The van der Waals surface area contributed by atoms with Gasteiger partial charge in [-0.2, -0.15) is 0 Å². The molecule has 8 heteroatoms. The van der Waals surface area contributed by atoms with E-state index < -0.39 is 31.0 Å². The SMILES string of the molecule is COc1ccc(CN[C@H]2CS(=O)(=O)C[C@@H]2S(=O)(=O)c2ccc(C)cc2)cc1. The molecule has 0 amide bonds. The fourth-order valence-corrected chi connectivity index (χ4v) is 7.92. The summed E-state index contributed by atoms with van der Waals surface area (Å²) in [7, 11) is -5.59. The molecule has 0 radical (unpaired) electrons. The van der Waals surface area contributed by atoms with Crippen molar-refractivity contribution in [2.75, 3.05) is 18.6 Å². The first-order chi connectivity index (χ1) is 12.7. The van der Waals surface area contributed by atoms with E-state index in [1.54, 1.807) is 19.2 Å². The van der Waals surface area contributed by atoms with Crippen LogP contribution in [0.2, 0.25) is 0 Å². The molecule has 27 heavy (non-hydrogen) atoms. The third kappa shape index (κ3) is 4.51. The van der Waals surface area contributed by atoms with E-state index in [0.29, 0.717) is 6.54 Å². The summed E-state index contributed by atoms with van der Waals surface area (Å²) in [6.45, 7) is 2.25. The second-order valence-corrected chi connectivity index (χ2v) is 11.1. The third-order valence-electron chi connectivity index (χ3n) is 4.78. The molecular formula is C19H23NO5S2. The lowest BCUT2D eigenvalue weighted by atomic mass is 10.2. The molecule has 1 N–H and O–H groups in total. The van der Waals surface area contributed by atoms with Crippen LogP contribution < -0.4 is 10.1 Å². The first-order valence-corrected chi connectivity index (χ1v) is 12.0. The molecule has 0 aliphatic carbocycles. The molecule has 146 valence electrons. The summed E-state index contributed by atoms with van der Waals surface area (Å²) < 4.78 is 55.5. The van der Waals surface area contributed by atoms with Gasteiger partial charge in [0.15, 0.2) is 19.7 Å². The molecule has 0 bridgehead atoms. The molecule has 2 aromatic rings. The molecule has 0 aromatic heterocycles. The summed E-state index contributed by atoms with van der Waals surface area (Å²) in [4.78, 5) is 0.159. The molecule has 0 saturated carbocycles. The number of rotatable bonds is 6. The van der Waals surface area contributed by atoms with E-state index in [2.05, 4.69) is 5.32 Å². The van der Waals surface area contributed by atoms with Crippen molar-refractivity contribution in [3.8, 4) is 5.75 Å². The van der Waals surface area contributed by atoms with Crippen molar-refractivity contribution in [2.24, 2.45) is 0 Å². The molecule has 2 atom stereocenters. The van der Waals surface area contributed by atoms with E-state index in [1.165, 1.54) is 12.1 Å². The van der Waals surface area contributed by atoms with Crippen molar-refractivity contribution >= 4 is 19.7 Å². The Labute approximate surface area is 160 Å². The molecule has 1 aliphatic heterocycles. The normalized spacial score (nSPS) is 21.9. The fraction of sp³-hybridized carbons (Fsp3) is 0.368. The van der Waals surface area contributed by atoms with E-state index in [9.17, 15) is 16.8 Å². The van der Waals surface area contributed by atoms with Gasteiger partial charge in [0.05, 0.1) is 28.8 Å². The number of sulfone groups is 2. The number of hydrogen-bond acceptors (Lipinski definition) is 6. The molecule has 1 heterocycles. The minimum atomic E-state index is -3.75. The number of ether oxygens (including phenoxy) is 1. The minimum absolute atomic E-state index is 0.159. The zero-order valence-electron chi connectivity index (χ0n) is 15.3. The summed E-state index contributed by atoms with van der Waals surface area (Å²) in [6, 6.07) is 13.2. The summed E-state index contributed by atoms with van der Waals surface area (Å²) >= 11 is 0.